The molecule has 1 aromatic rings. The molecule has 0 amide bonds. The Morgan fingerprint density at radius 1 is 1.17 bits per heavy atom. The van der Waals surface area contributed by atoms with E-state index >= 15 is 0 Å². The van der Waals surface area contributed by atoms with Crippen LogP contribution in [0.3, 0.4) is 0 Å². The standard InChI is InChI=1S/C12H13BrO4S/c13-9-3-5-10(6-4-9)18(16,17)12(11(14)15)7-1-2-8-12/h3-6H,1-2,7-8H2,(H,14,15). The number of sulfone groups is 1. The molecule has 0 bridgehead atoms. The van der Waals surface area contributed by atoms with Crippen molar-refractivity contribution in [3.63, 3.8) is 0 Å². The van der Waals surface area contributed by atoms with Gasteiger partial charge < -0.3 is 5.11 Å². The predicted molar refractivity (Wildman–Crippen MR) is 70.2 cm³/mol. The van der Waals surface area contributed by atoms with Crippen molar-refractivity contribution in [2.75, 3.05) is 0 Å². The maximum Gasteiger partial charge on any atom is 0.325 e. The van der Waals surface area contributed by atoms with Crippen molar-refractivity contribution in [2.45, 2.75) is 35.3 Å². The fourth-order valence-electron chi connectivity index (χ4n) is 2.38. The van der Waals surface area contributed by atoms with Crippen LogP contribution in [0, 0.1) is 0 Å². The van der Waals surface area contributed by atoms with Gasteiger partial charge in [-0.05, 0) is 37.1 Å². The third-order valence-corrected chi connectivity index (χ3v) is 6.47. The highest BCUT2D eigenvalue weighted by atomic mass is 79.9. The van der Waals surface area contributed by atoms with Gasteiger partial charge in [-0.1, -0.05) is 28.8 Å². The van der Waals surface area contributed by atoms with E-state index in [1.54, 1.807) is 12.1 Å². The molecule has 1 aliphatic carbocycles. The molecule has 0 saturated heterocycles. The van der Waals surface area contributed by atoms with Crippen LogP contribution in [0.1, 0.15) is 25.7 Å². The summed E-state index contributed by atoms with van der Waals surface area (Å²) in [5.41, 5.74) is 0. The normalized spacial score (nSPS) is 18.7. The summed E-state index contributed by atoms with van der Waals surface area (Å²) in [4.78, 5) is 11.5. The summed E-state index contributed by atoms with van der Waals surface area (Å²) in [6.07, 6.45) is 1.67. The highest BCUT2D eigenvalue weighted by Gasteiger charge is 2.53. The Morgan fingerprint density at radius 3 is 2.11 bits per heavy atom. The topological polar surface area (TPSA) is 71.4 Å². The molecule has 6 heteroatoms. The fourth-order valence-corrected chi connectivity index (χ4v) is 4.65. The predicted octanol–water partition coefficient (Wildman–Crippen LogP) is 2.62. The molecule has 98 valence electrons. The maximum atomic E-state index is 12.5. The molecule has 0 radical (unpaired) electrons. The average Bonchev–Trinajstić information content (AvgIpc) is 2.80. The first-order valence-electron chi connectivity index (χ1n) is 5.64. The van der Waals surface area contributed by atoms with Gasteiger partial charge in [0.2, 0.25) is 0 Å². The van der Waals surface area contributed by atoms with Gasteiger partial charge in [-0.3, -0.25) is 4.79 Å². The summed E-state index contributed by atoms with van der Waals surface area (Å²) >= 11 is 3.23. The molecule has 1 aromatic carbocycles. The number of hydrogen-bond donors (Lipinski definition) is 1. The summed E-state index contributed by atoms with van der Waals surface area (Å²) in [6, 6.07) is 6.11. The lowest BCUT2D eigenvalue weighted by Crippen LogP contribution is -2.43. The van der Waals surface area contributed by atoms with Gasteiger partial charge in [0.05, 0.1) is 4.90 Å². The summed E-state index contributed by atoms with van der Waals surface area (Å²) in [6.45, 7) is 0. The Morgan fingerprint density at radius 2 is 1.67 bits per heavy atom. The van der Waals surface area contributed by atoms with Crippen LogP contribution >= 0.6 is 15.9 Å². The molecular weight excluding hydrogens is 320 g/mol. The molecule has 1 fully saturated rings. The summed E-state index contributed by atoms with van der Waals surface area (Å²) in [7, 11) is -3.84. The van der Waals surface area contributed by atoms with E-state index in [1.165, 1.54) is 12.1 Å². The monoisotopic (exact) mass is 332 g/mol. The number of aliphatic carboxylic acids is 1. The summed E-state index contributed by atoms with van der Waals surface area (Å²) < 4.78 is 24.1. The minimum Gasteiger partial charge on any atom is -0.480 e. The lowest BCUT2D eigenvalue weighted by atomic mass is 10.1. The van der Waals surface area contributed by atoms with E-state index in [2.05, 4.69) is 15.9 Å². The Balaban J connectivity index is 2.53. The molecule has 0 aromatic heterocycles. The van der Waals surface area contributed by atoms with E-state index in [-0.39, 0.29) is 17.7 Å². The van der Waals surface area contributed by atoms with Crippen LogP contribution in [0.2, 0.25) is 0 Å². The van der Waals surface area contributed by atoms with Crippen LogP contribution in [0.15, 0.2) is 33.6 Å². The zero-order valence-corrected chi connectivity index (χ0v) is 12.0. The van der Waals surface area contributed by atoms with Crippen LogP contribution < -0.4 is 0 Å². The van der Waals surface area contributed by atoms with E-state index < -0.39 is 20.6 Å². The number of carboxylic acid groups (broad SMARTS) is 1. The Hall–Kier alpha value is -0.880. The van der Waals surface area contributed by atoms with E-state index in [1.807, 2.05) is 0 Å². The van der Waals surface area contributed by atoms with Crippen LogP contribution in [-0.4, -0.2) is 24.2 Å². The summed E-state index contributed by atoms with van der Waals surface area (Å²) in [5.74, 6) is -1.23. The van der Waals surface area contributed by atoms with Gasteiger partial charge in [0.1, 0.15) is 0 Å². The van der Waals surface area contributed by atoms with E-state index in [4.69, 9.17) is 0 Å². The molecule has 0 unspecified atom stereocenters. The second-order valence-corrected chi connectivity index (χ2v) is 7.64. The Kier molecular flexibility index (Phi) is 3.51. The molecule has 0 aliphatic heterocycles. The molecule has 2 rings (SSSR count). The van der Waals surface area contributed by atoms with E-state index in [9.17, 15) is 18.3 Å². The average molecular weight is 333 g/mol. The lowest BCUT2D eigenvalue weighted by molar-refractivity contribution is -0.139. The van der Waals surface area contributed by atoms with Gasteiger partial charge in [0, 0.05) is 4.47 Å². The second kappa shape index (κ2) is 4.66. The molecule has 1 aliphatic rings. The smallest absolute Gasteiger partial charge is 0.325 e. The maximum absolute atomic E-state index is 12.5. The van der Waals surface area contributed by atoms with Crippen molar-refractivity contribution in [3.05, 3.63) is 28.7 Å². The van der Waals surface area contributed by atoms with Crippen LogP contribution in [-0.2, 0) is 14.6 Å². The first-order valence-corrected chi connectivity index (χ1v) is 7.91. The molecule has 0 atom stereocenters. The number of rotatable bonds is 3. The highest BCUT2D eigenvalue weighted by Crippen LogP contribution is 2.40. The van der Waals surface area contributed by atoms with Gasteiger partial charge in [-0.15, -0.1) is 0 Å². The van der Waals surface area contributed by atoms with Crippen LogP contribution in [0.5, 0.6) is 0 Å². The molecule has 1 saturated carbocycles. The van der Waals surface area contributed by atoms with Crippen molar-refractivity contribution >= 4 is 31.7 Å². The van der Waals surface area contributed by atoms with Gasteiger partial charge in [0.15, 0.2) is 14.6 Å². The van der Waals surface area contributed by atoms with Crippen LogP contribution in [0.4, 0.5) is 0 Å². The van der Waals surface area contributed by atoms with Crippen molar-refractivity contribution in [3.8, 4) is 0 Å². The molecule has 0 heterocycles. The van der Waals surface area contributed by atoms with Crippen molar-refractivity contribution in [1.82, 2.24) is 0 Å². The minimum atomic E-state index is -3.84. The highest BCUT2D eigenvalue weighted by molar-refractivity contribution is 9.10. The zero-order chi connectivity index (χ0) is 13.4. The summed E-state index contributed by atoms with van der Waals surface area (Å²) in [5, 5.41) is 9.33. The third kappa shape index (κ3) is 1.97. The van der Waals surface area contributed by atoms with E-state index in [0.29, 0.717) is 12.8 Å². The quantitative estimate of drug-likeness (QED) is 0.923. The Labute approximate surface area is 114 Å². The number of benzene rings is 1. The first kappa shape index (κ1) is 13.5. The number of halogens is 1. The van der Waals surface area contributed by atoms with Crippen molar-refractivity contribution in [1.29, 1.82) is 0 Å². The minimum absolute atomic E-state index is 0.0787. The fraction of sp³-hybridized carbons (Fsp3) is 0.417. The van der Waals surface area contributed by atoms with Gasteiger partial charge in [-0.25, -0.2) is 8.42 Å². The molecule has 0 spiro atoms. The van der Waals surface area contributed by atoms with Gasteiger partial charge in [-0.2, -0.15) is 0 Å². The molecule has 18 heavy (non-hydrogen) atoms. The largest absolute Gasteiger partial charge is 0.480 e. The molecule has 1 N–H and O–H groups in total. The first-order chi connectivity index (χ1) is 8.40. The SMILES string of the molecule is O=C(O)C1(S(=O)(=O)c2ccc(Br)cc2)CCCC1. The molecular formula is C12H13BrO4S. The number of carbonyl (C=O) groups is 1. The van der Waals surface area contributed by atoms with E-state index in [0.717, 1.165) is 4.47 Å². The van der Waals surface area contributed by atoms with Crippen molar-refractivity contribution < 1.29 is 18.3 Å². The van der Waals surface area contributed by atoms with Gasteiger partial charge in [0.25, 0.3) is 0 Å². The van der Waals surface area contributed by atoms with Crippen LogP contribution in [0.25, 0.3) is 0 Å². The Bertz CT molecular complexity index is 556. The number of hydrogen-bond acceptors (Lipinski definition) is 3. The zero-order valence-electron chi connectivity index (χ0n) is 9.60. The molecule has 4 nitrogen and oxygen atoms in total. The van der Waals surface area contributed by atoms with Gasteiger partial charge >= 0.3 is 5.97 Å². The number of carboxylic acids is 1. The third-order valence-electron chi connectivity index (χ3n) is 3.44. The van der Waals surface area contributed by atoms with Crippen molar-refractivity contribution in [2.24, 2.45) is 0 Å². The lowest BCUT2D eigenvalue weighted by Gasteiger charge is -2.23. The second-order valence-electron chi connectivity index (χ2n) is 4.46.